The number of phenols is 1. The zero-order valence-electron chi connectivity index (χ0n) is 8.09. The molecule has 3 nitrogen and oxygen atoms in total. The second-order valence-corrected chi connectivity index (χ2v) is 2.98. The van der Waals surface area contributed by atoms with Crippen LogP contribution in [0.3, 0.4) is 0 Å². The first-order valence-electron chi connectivity index (χ1n) is 4.45. The number of methoxy groups -OCH3 is 1. The van der Waals surface area contributed by atoms with Crippen molar-refractivity contribution in [2.24, 2.45) is 5.73 Å². The lowest BCUT2D eigenvalue weighted by Crippen LogP contribution is -2.02. The van der Waals surface area contributed by atoms with Gasteiger partial charge >= 0.3 is 0 Å². The van der Waals surface area contributed by atoms with Gasteiger partial charge in [0.1, 0.15) is 0 Å². The number of aryl methyl sites for hydroxylation is 1. The van der Waals surface area contributed by atoms with Gasteiger partial charge in [0.15, 0.2) is 11.5 Å². The second kappa shape index (κ2) is 4.81. The van der Waals surface area contributed by atoms with E-state index in [2.05, 4.69) is 0 Å². The van der Waals surface area contributed by atoms with Crippen LogP contribution in [0.4, 0.5) is 4.39 Å². The summed E-state index contributed by atoms with van der Waals surface area (Å²) in [6, 6.07) is 2.97. The minimum Gasteiger partial charge on any atom is -0.505 e. The molecule has 0 atom stereocenters. The minimum absolute atomic E-state index is 0.110. The molecule has 0 aromatic heterocycles. The first-order chi connectivity index (χ1) is 6.70. The van der Waals surface area contributed by atoms with Gasteiger partial charge in [0.05, 0.1) is 7.11 Å². The topological polar surface area (TPSA) is 55.5 Å². The lowest BCUT2D eigenvalue weighted by molar-refractivity contribution is 0.360. The second-order valence-electron chi connectivity index (χ2n) is 2.98. The standard InChI is InChI=1S/C10H14FNO2/c1-14-10-7(3-2-6-12)4-5-8(13)9(10)11/h4-5,13H,2-3,6,12H2,1H3. The number of aromatic hydroxyl groups is 1. The van der Waals surface area contributed by atoms with Crippen LogP contribution in [-0.4, -0.2) is 18.8 Å². The van der Waals surface area contributed by atoms with Crippen LogP contribution in [0.5, 0.6) is 11.5 Å². The molecule has 0 radical (unpaired) electrons. The van der Waals surface area contributed by atoms with Crippen LogP contribution in [0, 0.1) is 5.82 Å². The zero-order chi connectivity index (χ0) is 10.6. The van der Waals surface area contributed by atoms with E-state index in [1.165, 1.54) is 13.2 Å². The summed E-state index contributed by atoms with van der Waals surface area (Å²) in [5, 5.41) is 9.10. The maximum Gasteiger partial charge on any atom is 0.206 e. The molecule has 0 unspecified atom stereocenters. The van der Waals surface area contributed by atoms with Gasteiger partial charge < -0.3 is 15.6 Å². The van der Waals surface area contributed by atoms with Crippen LogP contribution in [-0.2, 0) is 6.42 Å². The number of hydrogen-bond donors (Lipinski definition) is 2. The molecule has 1 rings (SSSR count). The van der Waals surface area contributed by atoms with E-state index in [0.717, 1.165) is 12.0 Å². The lowest BCUT2D eigenvalue weighted by Gasteiger charge is -2.09. The molecule has 0 fully saturated rings. The van der Waals surface area contributed by atoms with Crippen molar-refractivity contribution in [3.05, 3.63) is 23.5 Å². The highest BCUT2D eigenvalue weighted by molar-refractivity contribution is 5.42. The van der Waals surface area contributed by atoms with Crippen molar-refractivity contribution >= 4 is 0 Å². The maximum atomic E-state index is 13.3. The van der Waals surface area contributed by atoms with Gasteiger partial charge in [-0.25, -0.2) is 0 Å². The summed E-state index contributed by atoms with van der Waals surface area (Å²) in [6.07, 6.45) is 1.41. The van der Waals surface area contributed by atoms with Crippen LogP contribution >= 0.6 is 0 Å². The molecule has 0 saturated carbocycles. The third-order valence-electron chi connectivity index (χ3n) is 2.01. The van der Waals surface area contributed by atoms with Gasteiger partial charge in [-0.15, -0.1) is 0 Å². The van der Waals surface area contributed by atoms with Crippen LogP contribution in [0.25, 0.3) is 0 Å². The SMILES string of the molecule is COc1c(CCCN)ccc(O)c1F. The number of rotatable bonds is 4. The summed E-state index contributed by atoms with van der Waals surface area (Å²) in [5.41, 5.74) is 6.08. The first-order valence-corrected chi connectivity index (χ1v) is 4.45. The van der Waals surface area contributed by atoms with Gasteiger partial charge in [-0.3, -0.25) is 0 Å². The molecule has 1 aromatic rings. The normalized spacial score (nSPS) is 10.2. The molecule has 0 amide bonds. The van der Waals surface area contributed by atoms with E-state index in [1.807, 2.05) is 0 Å². The molecule has 0 spiro atoms. The molecule has 0 saturated heterocycles. The molecule has 14 heavy (non-hydrogen) atoms. The highest BCUT2D eigenvalue weighted by Crippen LogP contribution is 2.30. The van der Waals surface area contributed by atoms with E-state index in [-0.39, 0.29) is 5.75 Å². The summed E-state index contributed by atoms with van der Waals surface area (Å²) in [6.45, 7) is 0.547. The molecule has 4 heteroatoms. The lowest BCUT2D eigenvalue weighted by atomic mass is 10.1. The fourth-order valence-electron chi connectivity index (χ4n) is 1.30. The van der Waals surface area contributed by atoms with E-state index in [9.17, 15) is 4.39 Å². The summed E-state index contributed by atoms with van der Waals surface area (Å²) in [4.78, 5) is 0. The first kappa shape index (κ1) is 10.8. The molecule has 0 aliphatic carbocycles. The number of halogens is 1. The Morgan fingerprint density at radius 2 is 2.21 bits per heavy atom. The molecular formula is C10H14FNO2. The van der Waals surface area contributed by atoms with Crippen molar-refractivity contribution in [3.8, 4) is 11.5 Å². The van der Waals surface area contributed by atoms with Crippen molar-refractivity contribution in [2.45, 2.75) is 12.8 Å². The van der Waals surface area contributed by atoms with Gasteiger partial charge in [-0.2, -0.15) is 4.39 Å². The Morgan fingerprint density at radius 3 is 2.79 bits per heavy atom. The molecule has 78 valence electrons. The van der Waals surface area contributed by atoms with Crippen LogP contribution < -0.4 is 10.5 Å². The number of nitrogens with two attached hydrogens (primary N) is 1. The van der Waals surface area contributed by atoms with Crippen molar-refractivity contribution in [2.75, 3.05) is 13.7 Å². The smallest absolute Gasteiger partial charge is 0.206 e. The zero-order valence-corrected chi connectivity index (χ0v) is 8.09. The van der Waals surface area contributed by atoms with Crippen molar-refractivity contribution < 1.29 is 14.2 Å². The molecule has 1 aromatic carbocycles. The Balaban J connectivity index is 2.98. The van der Waals surface area contributed by atoms with Gasteiger partial charge in [0.25, 0.3) is 0 Å². The molecule has 0 bridgehead atoms. The quantitative estimate of drug-likeness (QED) is 0.771. The summed E-state index contributed by atoms with van der Waals surface area (Å²) >= 11 is 0. The molecule has 0 heterocycles. The summed E-state index contributed by atoms with van der Waals surface area (Å²) in [7, 11) is 1.38. The maximum absolute atomic E-state index is 13.3. The van der Waals surface area contributed by atoms with Gasteiger partial charge in [-0.05, 0) is 31.0 Å². The Kier molecular flexibility index (Phi) is 3.71. The van der Waals surface area contributed by atoms with Gasteiger partial charge in [-0.1, -0.05) is 6.07 Å². The molecular weight excluding hydrogens is 185 g/mol. The fraction of sp³-hybridized carbons (Fsp3) is 0.400. The van der Waals surface area contributed by atoms with Crippen LogP contribution in [0.1, 0.15) is 12.0 Å². The largest absolute Gasteiger partial charge is 0.505 e. The van der Waals surface area contributed by atoms with E-state index in [4.69, 9.17) is 15.6 Å². The minimum atomic E-state index is -0.706. The van der Waals surface area contributed by atoms with E-state index in [0.29, 0.717) is 13.0 Å². The number of hydrogen-bond acceptors (Lipinski definition) is 3. The highest BCUT2D eigenvalue weighted by atomic mass is 19.1. The summed E-state index contributed by atoms with van der Waals surface area (Å²) in [5.74, 6) is -0.987. The monoisotopic (exact) mass is 199 g/mol. The Hall–Kier alpha value is -1.29. The Bertz CT molecular complexity index is 315. The number of benzene rings is 1. The predicted octanol–water partition coefficient (Wildman–Crippen LogP) is 1.43. The van der Waals surface area contributed by atoms with Crippen molar-refractivity contribution in [1.82, 2.24) is 0 Å². The Labute approximate surface area is 82.3 Å². The number of ether oxygens (including phenoxy) is 1. The molecule has 3 N–H and O–H groups in total. The van der Waals surface area contributed by atoms with Crippen LogP contribution in [0.2, 0.25) is 0 Å². The fourth-order valence-corrected chi connectivity index (χ4v) is 1.30. The average molecular weight is 199 g/mol. The van der Waals surface area contributed by atoms with Crippen molar-refractivity contribution in [3.63, 3.8) is 0 Å². The third-order valence-corrected chi connectivity index (χ3v) is 2.01. The predicted molar refractivity (Wildman–Crippen MR) is 52.0 cm³/mol. The van der Waals surface area contributed by atoms with E-state index >= 15 is 0 Å². The van der Waals surface area contributed by atoms with Gasteiger partial charge in [0, 0.05) is 0 Å². The highest BCUT2D eigenvalue weighted by Gasteiger charge is 2.12. The Morgan fingerprint density at radius 1 is 1.50 bits per heavy atom. The number of phenolic OH excluding ortho intramolecular Hbond substituents is 1. The van der Waals surface area contributed by atoms with E-state index in [1.54, 1.807) is 6.07 Å². The summed E-state index contributed by atoms with van der Waals surface area (Å²) < 4.78 is 18.2. The third kappa shape index (κ3) is 2.14. The average Bonchev–Trinajstić information content (AvgIpc) is 2.20. The molecule has 0 aliphatic heterocycles. The molecule has 0 aliphatic rings. The van der Waals surface area contributed by atoms with E-state index < -0.39 is 11.6 Å². The van der Waals surface area contributed by atoms with Crippen LogP contribution in [0.15, 0.2) is 12.1 Å². The van der Waals surface area contributed by atoms with Gasteiger partial charge in [0.2, 0.25) is 5.82 Å². The van der Waals surface area contributed by atoms with Crippen molar-refractivity contribution in [1.29, 1.82) is 0 Å².